The van der Waals surface area contributed by atoms with Gasteiger partial charge in [0.25, 0.3) is 5.91 Å². The van der Waals surface area contributed by atoms with Gasteiger partial charge in [-0.3, -0.25) is 4.79 Å². The summed E-state index contributed by atoms with van der Waals surface area (Å²) in [6, 6.07) is 7.68. The molecule has 0 bridgehead atoms. The molecular formula is C15H23NO. The number of aryl methyl sites for hydroxylation is 1. The van der Waals surface area contributed by atoms with Crippen LogP contribution in [-0.4, -0.2) is 12.5 Å². The number of hydrogen-bond acceptors (Lipinski definition) is 1. The molecule has 0 aliphatic carbocycles. The Balaban J connectivity index is 2.36. The van der Waals surface area contributed by atoms with Gasteiger partial charge in [0.15, 0.2) is 0 Å². The summed E-state index contributed by atoms with van der Waals surface area (Å²) in [5.41, 5.74) is 2.21. The molecule has 2 nitrogen and oxygen atoms in total. The van der Waals surface area contributed by atoms with Crippen LogP contribution in [0.3, 0.4) is 0 Å². The summed E-state index contributed by atoms with van der Waals surface area (Å²) < 4.78 is 0. The summed E-state index contributed by atoms with van der Waals surface area (Å²) >= 11 is 0. The minimum Gasteiger partial charge on any atom is -0.352 e. The molecule has 0 saturated carbocycles. The molecular weight excluding hydrogens is 210 g/mol. The van der Waals surface area contributed by atoms with Crippen LogP contribution in [0.15, 0.2) is 24.3 Å². The highest BCUT2D eigenvalue weighted by Gasteiger charge is 2.10. The number of nitrogens with one attached hydrogen (secondary N) is 1. The van der Waals surface area contributed by atoms with Gasteiger partial charge in [0.05, 0.1) is 0 Å². The standard InChI is InChI=1S/C15H23NO/c1-12-7-5-8-13(11-12)14(17)16-10-6-9-15(2,3)4/h5,7-8,11H,6,9-10H2,1-4H3,(H,16,17). The predicted octanol–water partition coefficient (Wildman–Crippen LogP) is 3.55. The lowest BCUT2D eigenvalue weighted by atomic mass is 9.91. The number of amides is 1. The third-order valence-electron chi connectivity index (χ3n) is 2.67. The van der Waals surface area contributed by atoms with E-state index in [1.165, 1.54) is 0 Å². The number of hydrogen-bond donors (Lipinski definition) is 1. The first-order valence-electron chi connectivity index (χ1n) is 6.23. The normalized spacial score (nSPS) is 11.3. The Bertz CT molecular complexity index is 377. The summed E-state index contributed by atoms with van der Waals surface area (Å²) in [6.07, 6.45) is 2.15. The molecule has 1 amide bonds. The van der Waals surface area contributed by atoms with E-state index in [0.717, 1.165) is 30.5 Å². The molecule has 0 heterocycles. The monoisotopic (exact) mass is 233 g/mol. The highest BCUT2D eigenvalue weighted by Crippen LogP contribution is 2.19. The Labute approximate surface area is 104 Å². The summed E-state index contributed by atoms with van der Waals surface area (Å²) in [5, 5.41) is 2.96. The second-order valence-electron chi connectivity index (χ2n) is 5.79. The third kappa shape index (κ3) is 5.53. The van der Waals surface area contributed by atoms with Gasteiger partial charge in [-0.2, -0.15) is 0 Å². The molecule has 0 atom stereocenters. The van der Waals surface area contributed by atoms with Gasteiger partial charge in [0.2, 0.25) is 0 Å². The summed E-state index contributed by atoms with van der Waals surface area (Å²) in [5.74, 6) is 0.0302. The van der Waals surface area contributed by atoms with Gasteiger partial charge in [-0.1, -0.05) is 38.5 Å². The topological polar surface area (TPSA) is 29.1 Å². The second kappa shape index (κ2) is 5.85. The third-order valence-corrected chi connectivity index (χ3v) is 2.67. The first-order valence-corrected chi connectivity index (χ1v) is 6.23. The van der Waals surface area contributed by atoms with Crippen LogP contribution in [0.2, 0.25) is 0 Å². The van der Waals surface area contributed by atoms with E-state index in [9.17, 15) is 4.79 Å². The highest BCUT2D eigenvalue weighted by molar-refractivity contribution is 5.94. The van der Waals surface area contributed by atoms with E-state index in [-0.39, 0.29) is 5.91 Å². The van der Waals surface area contributed by atoms with Gasteiger partial charge in [-0.25, -0.2) is 0 Å². The number of benzene rings is 1. The van der Waals surface area contributed by atoms with Crippen molar-refractivity contribution in [1.82, 2.24) is 5.32 Å². The lowest BCUT2D eigenvalue weighted by Crippen LogP contribution is -2.25. The smallest absolute Gasteiger partial charge is 0.251 e. The maximum Gasteiger partial charge on any atom is 0.251 e. The zero-order chi connectivity index (χ0) is 12.9. The van der Waals surface area contributed by atoms with E-state index in [2.05, 4.69) is 26.1 Å². The van der Waals surface area contributed by atoms with Crippen molar-refractivity contribution in [2.24, 2.45) is 5.41 Å². The molecule has 0 aliphatic heterocycles. The summed E-state index contributed by atoms with van der Waals surface area (Å²) in [6.45, 7) is 9.40. The molecule has 1 rings (SSSR count). The fourth-order valence-electron chi connectivity index (χ4n) is 1.71. The number of rotatable bonds is 4. The first-order chi connectivity index (χ1) is 7.88. The quantitative estimate of drug-likeness (QED) is 0.792. The Hall–Kier alpha value is -1.31. The zero-order valence-electron chi connectivity index (χ0n) is 11.3. The summed E-state index contributed by atoms with van der Waals surface area (Å²) in [4.78, 5) is 11.8. The van der Waals surface area contributed by atoms with Crippen molar-refractivity contribution in [2.75, 3.05) is 6.54 Å². The number of carbonyl (C=O) groups excluding carboxylic acids is 1. The van der Waals surface area contributed by atoms with Gasteiger partial charge in [-0.05, 0) is 37.3 Å². The molecule has 0 radical (unpaired) electrons. The maximum atomic E-state index is 11.8. The van der Waals surface area contributed by atoms with E-state index < -0.39 is 0 Å². The van der Waals surface area contributed by atoms with Gasteiger partial charge < -0.3 is 5.32 Å². The van der Waals surface area contributed by atoms with Gasteiger partial charge >= 0.3 is 0 Å². The molecule has 0 saturated heterocycles. The molecule has 94 valence electrons. The first kappa shape index (κ1) is 13.8. The highest BCUT2D eigenvalue weighted by atomic mass is 16.1. The van der Waals surface area contributed by atoms with Crippen LogP contribution in [-0.2, 0) is 0 Å². The lowest BCUT2D eigenvalue weighted by Gasteiger charge is -2.17. The zero-order valence-corrected chi connectivity index (χ0v) is 11.3. The van der Waals surface area contributed by atoms with Crippen LogP contribution in [0, 0.1) is 12.3 Å². The molecule has 17 heavy (non-hydrogen) atoms. The Morgan fingerprint density at radius 1 is 1.29 bits per heavy atom. The molecule has 2 heteroatoms. The van der Waals surface area contributed by atoms with Gasteiger partial charge in [-0.15, -0.1) is 0 Å². The largest absolute Gasteiger partial charge is 0.352 e. The van der Waals surface area contributed by atoms with Gasteiger partial charge in [0.1, 0.15) is 0 Å². The molecule has 0 aromatic heterocycles. The van der Waals surface area contributed by atoms with Crippen LogP contribution in [0.5, 0.6) is 0 Å². The molecule has 0 aliphatic rings. The van der Waals surface area contributed by atoms with Crippen LogP contribution < -0.4 is 5.32 Å². The van der Waals surface area contributed by atoms with Crippen molar-refractivity contribution in [3.8, 4) is 0 Å². The van der Waals surface area contributed by atoms with Crippen molar-refractivity contribution in [2.45, 2.75) is 40.5 Å². The van der Waals surface area contributed by atoms with Crippen molar-refractivity contribution < 1.29 is 4.79 Å². The van der Waals surface area contributed by atoms with E-state index >= 15 is 0 Å². The van der Waals surface area contributed by atoms with Crippen LogP contribution >= 0.6 is 0 Å². The van der Waals surface area contributed by atoms with Crippen LogP contribution in [0.25, 0.3) is 0 Å². The van der Waals surface area contributed by atoms with Crippen molar-refractivity contribution in [3.05, 3.63) is 35.4 Å². The maximum absolute atomic E-state index is 11.8. The van der Waals surface area contributed by atoms with E-state index in [0.29, 0.717) is 5.41 Å². The van der Waals surface area contributed by atoms with E-state index in [1.54, 1.807) is 0 Å². The van der Waals surface area contributed by atoms with Crippen LogP contribution in [0.1, 0.15) is 49.5 Å². The van der Waals surface area contributed by atoms with E-state index in [1.807, 2.05) is 31.2 Å². The second-order valence-corrected chi connectivity index (χ2v) is 5.79. The average Bonchev–Trinajstić information content (AvgIpc) is 2.23. The molecule has 1 aromatic rings. The number of carbonyl (C=O) groups is 1. The minimum atomic E-state index is 0.0302. The molecule has 1 N–H and O–H groups in total. The molecule has 0 fully saturated rings. The van der Waals surface area contributed by atoms with Crippen molar-refractivity contribution in [3.63, 3.8) is 0 Å². The summed E-state index contributed by atoms with van der Waals surface area (Å²) in [7, 11) is 0. The Morgan fingerprint density at radius 2 is 2.00 bits per heavy atom. The van der Waals surface area contributed by atoms with Gasteiger partial charge in [0, 0.05) is 12.1 Å². The molecule has 0 spiro atoms. The minimum absolute atomic E-state index is 0.0302. The molecule has 0 unspecified atom stereocenters. The van der Waals surface area contributed by atoms with Crippen molar-refractivity contribution in [1.29, 1.82) is 0 Å². The van der Waals surface area contributed by atoms with E-state index in [4.69, 9.17) is 0 Å². The fraction of sp³-hybridized carbons (Fsp3) is 0.533. The SMILES string of the molecule is Cc1cccc(C(=O)NCCCC(C)(C)C)c1. The fourth-order valence-corrected chi connectivity index (χ4v) is 1.71. The van der Waals surface area contributed by atoms with Crippen molar-refractivity contribution >= 4 is 5.91 Å². The molecule has 1 aromatic carbocycles. The Morgan fingerprint density at radius 3 is 2.59 bits per heavy atom. The lowest BCUT2D eigenvalue weighted by molar-refractivity contribution is 0.0951. The Kier molecular flexibility index (Phi) is 4.73. The predicted molar refractivity (Wildman–Crippen MR) is 72.2 cm³/mol. The average molecular weight is 233 g/mol. The van der Waals surface area contributed by atoms with Crippen LogP contribution in [0.4, 0.5) is 0 Å².